The molecule has 30 heavy (non-hydrogen) atoms. The van der Waals surface area contributed by atoms with E-state index in [1.807, 2.05) is 41.3 Å². The fraction of sp³-hybridized carbons (Fsp3) is 0.391. The zero-order valence-electron chi connectivity index (χ0n) is 17.3. The van der Waals surface area contributed by atoms with Crippen molar-refractivity contribution in [2.75, 3.05) is 26.7 Å². The van der Waals surface area contributed by atoms with Gasteiger partial charge in [0.1, 0.15) is 12.7 Å². The quantitative estimate of drug-likeness (QED) is 0.436. The van der Waals surface area contributed by atoms with Crippen LogP contribution in [0.25, 0.3) is 0 Å². The van der Waals surface area contributed by atoms with Crippen molar-refractivity contribution >= 4 is 11.9 Å². The van der Waals surface area contributed by atoms with Crippen LogP contribution in [0.4, 0.5) is 0 Å². The highest BCUT2D eigenvalue weighted by Gasteiger charge is 2.22. The summed E-state index contributed by atoms with van der Waals surface area (Å²) in [4.78, 5) is 18.7. The molecule has 0 fully saturated rings. The third-order valence-electron chi connectivity index (χ3n) is 5.34. The van der Waals surface area contributed by atoms with E-state index in [1.165, 1.54) is 11.1 Å². The zero-order valence-corrected chi connectivity index (χ0v) is 17.3. The van der Waals surface area contributed by atoms with Crippen molar-refractivity contribution in [3.8, 4) is 11.5 Å². The second-order valence-corrected chi connectivity index (χ2v) is 7.50. The second kappa shape index (κ2) is 9.52. The summed E-state index contributed by atoms with van der Waals surface area (Å²) in [5.74, 6) is 2.43. The fourth-order valence-electron chi connectivity index (χ4n) is 3.71. The van der Waals surface area contributed by atoms with Gasteiger partial charge in [0, 0.05) is 33.1 Å². The third kappa shape index (κ3) is 4.84. The number of aliphatic imine (C=N–C) groups is 1. The third-order valence-corrected chi connectivity index (χ3v) is 5.34. The van der Waals surface area contributed by atoms with E-state index in [0.717, 1.165) is 31.0 Å². The first-order valence-electron chi connectivity index (χ1n) is 10.4. The van der Waals surface area contributed by atoms with Gasteiger partial charge in [0.15, 0.2) is 17.5 Å². The van der Waals surface area contributed by atoms with Crippen LogP contribution in [0.2, 0.25) is 0 Å². The summed E-state index contributed by atoms with van der Waals surface area (Å²) >= 11 is 0. The summed E-state index contributed by atoms with van der Waals surface area (Å²) in [6.45, 7) is 3.19. The van der Waals surface area contributed by atoms with Crippen LogP contribution in [0.15, 0.2) is 53.5 Å². The maximum atomic E-state index is 12.5. The number of amides is 1. The Hall–Kier alpha value is -3.22. The molecule has 1 unspecified atom stereocenters. The smallest absolute Gasteiger partial charge is 0.223 e. The van der Waals surface area contributed by atoms with Crippen molar-refractivity contribution in [1.29, 1.82) is 0 Å². The molecule has 0 saturated carbocycles. The lowest BCUT2D eigenvalue weighted by Crippen LogP contribution is -2.45. The molecule has 2 aliphatic heterocycles. The van der Waals surface area contributed by atoms with Gasteiger partial charge >= 0.3 is 0 Å². The number of nitrogens with zero attached hydrogens (tertiary/aromatic N) is 2. The van der Waals surface area contributed by atoms with Gasteiger partial charge in [0.05, 0.1) is 6.54 Å². The maximum absolute atomic E-state index is 12.5. The van der Waals surface area contributed by atoms with Gasteiger partial charge in [-0.15, -0.1) is 0 Å². The van der Waals surface area contributed by atoms with Crippen molar-refractivity contribution in [3.63, 3.8) is 0 Å². The molecule has 0 aromatic heterocycles. The number of para-hydroxylation sites is 2. The summed E-state index contributed by atoms with van der Waals surface area (Å²) in [7, 11) is 1.73. The van der Waals surface area contributed by atoms with E-state index in [1.54, 1.807) is 7.05 Å². The van der Waals surface area contributed by atoms with Crippen molar-refractivity contribution in [3.05, 3.63) is 59.7 Å². The Balaban J connectivity index is 1.14. The molecule has 2 aromatic rings. The van der Waals surface area contributed by atoms with Gasteiger partial charge in [-0.1, -0.05) is 36.4 Å². The summed E-state index contributed by atoms with van der Waals surface area (Å²) in [6, 6.07) is 15.9. The number of hydrogen-bond acceptors (Lipinski definition) is 4. The number of ether oxygens (including phenoxy) is 2. The molecule has 7 nitrogen and oxygen atoms in total. The lowest BCUT2D eigenvalue weighted by atomic mass is 10.1. The maximum Gasteiger partial charge on any atom is 0.223 e. The lowest BCUT2D eigenvalue weighted by Gasteiger charge is -2.27. The Bertz CT molecular complexity index is 890. The Morgan fingerprint density at radius 3 is 2.50 bits per heavy atom. The number of fused-ring (bicyclic) bond motifs is 2. The predicted octanol–water partition coefficient (Wildman–Crippen LogP) is 2.31. The van der Waals surface area contributed by atoms with Crippen molar-refractivity contribution < 1.29 is 14.3 Å². The van der Waals surface area contributed by atoms with Crippen molar-refractivity contribution in [1.82, 2.24) is 15.5 Å². The average Bonchev–Trinajstić information content (AvgIpc) is 3.23. The average molecular weight is 409 g/mol. The van der Waals surface area contributed by atoms with E-state index in [2.05, 4.69) is 27.8 Å². The van der Waals surface area contributed by atoms with Gasteiger partial charge in [-0.2, -0.15) is 0 Å². The number of carbonyl (C=O) groups excluding carboxylic acids is 1. The van der Waals surface area contributed by atoms with Crippen LogP contribution in [-0.4, -0.2) is 49.6 Å². The minimum Gasteiger partial charge on any atom is -0.486 e. The van der Waals surface area contributed by atoms with E-state index < -0.39 is 0 Å². The summed E-state index contributed by atoms with van der Waals surface area (Å²) < 4.78 is 11.7. The molecule has 0 bridgehead atoms. The van der Waals surface area contributed by atoms with E-state index >= 15 is 0 Å². The summed E-state index contributed by atoms with van der Waals surface area (Å²) in [6.07, 6.45) is 1.19. The number of carbonyl (C=O) groups is 1. The molecule has 1 amide bonds. The van der Waals surface area contributed by atoms with Crippen LogP contribution in [0.1, 0.15) is 24.0 Å². The molecule has 2 aromatic carbocycles. The van der Waals surface area contributed by atoms with E-state index in [9.17, 15) is 4.79 Å². The first-order valence-corrected chi connectivity index (χ1v) is 10.4. The number of rotatable bonds is 6. The van der Waals surface area contributed by atoms with Gasteiger partial charge in [-0.25, -0.2) is 0 Å². The van der Waals surface area contributed by atoms with Gasteiger partial charge in [-0.3, -0.25) is 9.79 Å². The van der Waals surface area contributed by atoms with Crippen LogP contribution in [0, 0.1) is 0 Å². The molecule has 7 heteroatoms. The van der Waals surface area contributed by atoms with Gasteiger partial charge in [-0.05, 0) is 29.7 Å². The van der Waals surface area contributed by atoms with Gasteiger partial charge in [0.2, 0.25) is 5.91 Å². The molecule has 4 rings (SSSR count). The molecule has 1 atom stereocenters. The first-order chi connectivity index (χ1) is 14.7. The largest absolute Gasteiger partial charge is 0.486 e. The topological polar surface area (TPSA) is 75.2 Å². The highest BCUT2D eigenvalue weighted by molar-refractivity contribution is 5.80. The molecule has 2 heterocycles. The Morgan fingerprint density at radius 2 is 1.77 bits per heavy atom. The highest BCUT2D eigenvalue weighted by atomic mass is 16.6. The highest BCUT2D eigenvalue weighted by Crippen LogP contribution is 2.30. The van der Waals surface area contributed by atoms with Crippen LogP contribution < -0.4 is 20.1 Å². The van der Waals surface area contributed by atoms with E-state index in [0.29, 0.717) is 32.1 Å². The molecule has 0 aliphatic carbocycles. The second-order valence-electron chi connectivity index (χ2n) is 7.50. The molecule has 0 spiro atoms. The van der Waals surface area contributed by atoms with E-state index in [4.69, 9.17) is 9.47 Å². The molecule has 0 radical (unpaired) electrons. The van der Waals surface area contributed by atoms with Gasteiger partial charge < -0.3 is 25.0 Å². The van der Waals surface area contributed by atoms with Crippen LogP contribution in [-0.2, 0) is 17.9 Å². The summed E-state index contributed by atoms with van der Waals surface area (Å²) in [5.41, 5.74) is 2.51. The molecule has 2 aliphatic rings. The monoisotopic (exact) mass is 408 g/mol. The predicted molar refractivity (Wildman–Crippen MR) is 116 cm³/mol. The van der Waals surface area contributed by atoms with Crippen LogP contribution in [0.5, 0.6) is 11.5 Å². The molecule has 0 saturated heterocycles. The standard InChI is InChI=1S/C23H28N4O3/c1-24-23(26-13-19-16-29-20-9-4-5-10-21(20)30-19)25-12-6-11-22(28)27-14-17-7-2-3-8-18(17)15-27/h2-5,7-10,19H,6,11-16H2,1H3,(H2,24,25,26). The normalized spacial score (nSPS) is 17.4. The van der Waals surface area contributed by atoms with E-state index in [-0.39, 0.29) is 12.0 Å². The number of guanidine groups is 1. The Kier molecular flexibility index (Phi) is 6.37. The molecular formula is C23H28N4O3. The minimum absolute atomic E-state index is 0.0863. The molecule has 2 N–H and O–H groups in total. The minimum atomic E-state index is -0.0863. The first kappa shape index (κ1) is 20.1. The Morgan fingerprint density at radius 1 is 1.07 bits per heavy atom. The molecule has 158 valence electrons. The zero-order chi connectivity index (χ0) is 20.8. The number of benzene rings is 2. The van der Waals surface area contributed by atoms with Crippen LogP contribution >= 0.6 is 0 Å². The SMILES string of the molecule is CN=C(NCCCC(=O)N1Cc2ccccc2C1)NCC1COc2ccccc2O1. The lowest BCUT2D eigenvalue weighted by molar-refractivity contribution is -0.131. The Labute approximate surface area is 177 Å². The number of hydrogen-bond donors (Lipinski definition) is 2. The van der Waals surface area contributed by atoms with Crippen molar-refractivity contribution in [2.24, 2.45) is 4.99 Å². The van der Waals surface area contributed by atoms with Crippen molar-refractivity contribution in [2.45, 2.75) is 32.0 Å². The number of nitrogens with one attached hydrogen (secondary N) is 2. The van der Waals surface area contributed by atoms with Crippen LogP contribution in [0.3, 0.4) is 0 Å². The molecular weight excluding hydrogens is 380 g/mol. The van der Waals surface area contributed by atoms with Gasteiger partial charge in [0.25, 0.3) is 0 Å². The summed E-state index contributed by atoms with van der Waals surface area (Å²) in [5, 5.41) is 6.53. The fourth-order valence-corrected chi connectivity index (χ4v) is 3.71.